The summed E-state index contributed by atoms with van der Waals surface area (Å²) < 4.78 is 5.42. The molecule has 22 heavy (non-hydrogen) atoms. The third-order valence-corrected chi connectivity index (χ3v) is 4.70. The van der Waals surface area contributed by atoms with E-state index in [-0.39, 0.29) is 12.5 Å². The normalized spacial score (nSPS) is 15.5. The minimum Gasteiger partial charge on any atom is -0.484 e. The average molecular weight is 317 g/mol. The summed E-state index contributed by atoms with van der Waals surface area (Å²) in [5.74, 6) is 1.06. The van der Waals surface area contributed by atoms with Gasteiger partial charge in [0.25, 0.3) is 5.91 Å². The van der Waals surface area contributed by atoms with Gasteiger partial charge < -0.3 is 10.1 Å². The number of hydrogen-bond acceptors (Lipinski definition) is 5. The fourth-order valence-corrected chi connectivity index (χ4v) is 3.46. The molecule has 1 aromatic heterocycles. The van der Waals surface area contributed by atoms with E-state index in [0.717, 1.165) is 25.9 Å². The second-order valence-electron chi connectivity index (χ2n) is 5.24. The van der Waals surface area contributed by atoms with Crippen molar-refractivity contribution in [2.24, 2.45) is 0 Å². The van der Waals surface area contributed by atoms with E-state index in [2.05, 4.69) is 15.6 Å². The lowest BCUT2D eigenvalue weighted by Crippen LogP contribution is -2.26. The largest absolute Gasteiger partial charge is 0.484 e. The van der Waals surface area contributed by atoms with E-state index in [9.17, 15) is 4.79 Å². The molecule has 2 heterocycles. The SMILES string of the molecule is O=C(COc1ccccc1)Nc1ncc(C2CCNCC2)s1. The predicted molar refractivity (Wildman–Crippen MR) is 87.5 cm³/mol. The first kappa shape index (κ1) is 15.0. The van der Waals surface area contributed by atoms with Crippen LogP contribution < -0.4 is 15.4 Å². The maximum Gasteiger partial charge on any atom is 0.264 e. The first-order chi connectivity index (χ1) is 10.8. The molecule has 6 heteroatoms. The number of rotatable bonds is 5. The number of amides is 1. The maximum atomic E-state index is 11.9. The summed E-state index contributed by atoms with van der Waals surface area (Å²) in [7, 11) is 0. The minimum atomic E-state index is -0.185. The molecule has 2 N–H and O–H groups in total. The lowest BCUT2D eigenvalue weighted by molar-refractivity contribution is -0.118. The molecule has 0 radical (unpaired) electrons. The van der Waals surface area contributed by atoms with E-state index < -0.39 is 0 Å². The topological polar surface area (TPSA) is 63.2 Å². The summed E-state index contributed by atoms with van der Waals surface area (Å²) in [6.07, 6.45) is 4.15. The summed E-state index contributed by atoms with van der Waals surface area (Å²) >= 11 is 1.56. The third kappa shape index (κ3) is 4.05. The number of anilines is 1. The van der Waals surface area contributed by atoms with Gasteiger partial charge in [0.1, 0.15) is 5.75 Å². The van der Waals surface area contributed by atoms with Gasteiger partial charge in [-0.1, -0.05) is 18.2 Å². The predicted octanol–water partition coefficient (Wildman–Crippen LogP) is 2.63. The van der Waals surface area contributed by atoms with Gasteiger partial charge in [0.15, 0.2) is 11.7 Å². The number of benzene rings is 1. The van der Waals surface area contributed by atoms with Crippen molar-refractivity contribution >= 4 is 22.4 Å². The molecule has 0 aliphatic carbocycles. The maximum absolute atomic E-state index is 11.9. The first-order valence-electron chi connectivity index (χ1n) is 7.45. The van der Waals surface area contributed by atoms with Gasteiger partial charge in [0.2, 0.25) is 0 Å². The number of carbonyl (C=O) groups is 1. The zero-order chi connectivity index (χ0) is 15.2. The highest BCUT2D eigenvalue weighted by Gasteiger charge is 2.18. The van der Waals surface area contributed by atoms with Crippen LogP contribution in [0.15, 0.2) is 36.5 Å². The van der Waals surface area contributed by atoms with Crippen LogP contribution >= 0.6 is 11.3 Å². The van der Waals surface area contributed by atoms with Crippen LogP contribution in [0.5, 0.6) is 5.75 Å². The Morgan fingerprint density at radius 1 is 1.32 bits per heavy atom. The van der Waals surface area contributed by atoms with Crippen molar-refractivity contribution < 1.29 is 9.53 Å². The molecule has 1 fully saturated rings. The number of hydrogen-bond donors (Lipinski definition) is 2. The summed E-state index contributed by atoms with van der Waals surface area (Å²) in [4.78, 5) is 17.4. The van der Waals surface area contributed by atoms with Crippen LogP contribution in [0.3, 0.4) is 0 Å². The summed E-state index contributed by atoms with van der Waals surface area (Å²) in [6, 6.07) is 9.31. The average Bonchev–Trinajstić information content (AvgIpc) is 3.03. The van der Waals surface area contributed by atoms with Crippen LogP contribution in [0.4, 0.5) is 5.13 Å². The zero-order valence-electron chi connectivity index (χ0n) is 12.2. The molecule has 2 aromatic rings. The Labute approximate surface area is 133 Å². The Morgan fingerprint density at radius 2 is 2.09 bits per heavy atom. The highest BCUT2D eigenvalue weighted by Crippen LogP contribution is 2.31. The van der Waals surface area contributed by atoms with Crippen molar-refractivity contribution in [1.29, 1.82) is 0 Å². The molecule has 0 unspecified atom stereocenters. The molecule has 0 atom stereocenters. The van der Waals surface area contributed by atoms with Gasteiger partial charge in [-0.05, 0) is 44.0 Å². The molecular weight excluding hydrogens is 298 g/mol. The number of ether oxygens (including phenoxy) is 1. The second kappa shape index (κ2) is 7.38. The van der Waals surface area contributed by atoms with Gasteiger partial charge in [0, 0.05) is 11.1 Å². The number of nitrogens with one attached hydrogen (secondary N) is 2. The molecule has 5 nitrogen and oxygen atoms in total. The summed E-state index contributed by atoms with van der Waals surface area (Å²) in [6.45, 7) is 2.09. The fourth-order valence-electron chi connectivity index (χ4n) is 2.46. The van der Waals surface area contributed by atoms with Gasteiger partial charge >= 0.3 is 0 Å². The van der Waals surface area contributed by atoms with Crippen LogP contribution in [0, 0.1) is 0 Å². The van der Waals surface area contributed by atoms with Crippen LogP contribution in [-0.2, 0) is 4.79 Å². The van der Waals surface area contributed by atoms with E-state index in [1.54, 1.807) is 11.3 Å². The quantitative estimate of drug-likeness (QED) is 0.890. The molecule has 0 bridgehead atoms. The minimum absolute atomic E-state index is 0.00766. The molecule has 116 valence electrons. The van der Waals surface area contributed by atoms with Gasteiger partial charge in [-0.2, -0.15) is 0 Å². The number of para-hydroxylation sites is 1. The summed E-state index contributed by atoms with van der Waals surface area (Å²) in [5.41, 5.74) is 0. The number of piperidine rings is 1. The summed E-state index contributed by atoms with van der Waals surface area (Å²) in [5, 5.41) is 6.80. The Balaban J connectivity index is 1.50. The lowest BCUT2D eigenvalue weighted by atomic mass is 9.97. The Hall–Kier alpha value is -1.92. The molecule has 1 aliphatic rings. The van der Waals surface area contributed by atoms with E-state index in [0.29, 0.717) is 16.8 Å². The van der Waals surface area contributed by atoms with E-state index in [1.165, 1.54) is 4.88 Å². The zero-order valence-corrected chi connectivity index (χ0v) is 13.1. The lowest BCUT2D eigenvalue weighted by Gasteiger charge is -2.20. The standard InChI is InChI=1S/C16H19N3O2S/c20-15(11-21-13-4-2-1-3-5-13)19-16-18-10-14(22-16)12-6-8-17-9-7-12/h1-5,10,12,17H,6-9,11H2,(H,18,19,20). The molecule has 1 aromatic carbocycles. The van der Waals surface area contributed by atoms with Crippen LogP contribution in [0.25, 0.3) is 0 Å². The number of nitrogens with zero attached hydrogens (tertiary/aromatic N) is 1. The van der Waals surface area contributed by atoms with Gasteiger partial charge in [0.05, 0.1) is 0 Å². The highest BCUT2D eigenvalue weighted by atomic mass is 32.1. The van der Waals surface area contributed by atoms with Gasteiger partial charge in [-0.25, -0.2) is 4.98 Å². The first-order valence-corrected chi connectivity index (χ1v) is 8.27. The monoisotopic (exact) mass is 317 g/mol. The van der Waals surface area contributed by atoms with Crippen molar-refractivity contribution in [3.8, 4) is 5.75 Å². The van der Waals surface area contributed by atoms with Gasteiger partial charge in [-0.15, -0.1) is 11.3 Å². The second-order valence-corrected chi connectivity index (χ2v) is 6.30. The molecule has 3 rings (SSSR count). The van der Waals surface area contributed by atoms with Crippen LogP contribution in [0.1, 0.15) is 23.6 Å². The molecule has 1 amide bonds. The van der Waals surface area contributed by atoms with Crippen LogP contribution in [-0.4, -0.2) is 30.6 Å². The van der Waals surface area contributed by atoms with E-state index >= 15 is 0 Å². The van der Waals surface area contributed by atoms with Crippen molar-refractivity contribution in [3.63, 3.8) is 0 Å². The smallest absolute Gasteiger partial charge is 0.264 e. The van der Waals surface area contributed by atoms with Crippen molar-refractivity contribution in [2.45, 2.75) is 18.8 Å². The molecule has 1 aliphatic heterocycles. The fraction of sp³-hybridized carbons (Fsp3) is 0.375. The molecule has 0 saturated carbocycles. The Bertz CT molecular complexity index is 609. The van der Waals surface area contributed by atoms with Crippen molar-refractivity contribution in [3.05, 3.63) is 41.4 Å². The van der Waals surface area contributed by atoms with Gasteiger partial charge in [-0.3, -0.25) is 10.1 Å². The van der Waals surface area contributed by atoms with Crippen molar-refractivity contribution in [2.75, 3.05) is 25.0 Å². The number of carbonyl (C=O) groups excluding carboxylic acids is 1. The van der Waals surface area contributed by atoms with E-state index in [4.69, 9.17) is 4.74 Å². The number of aromatic nitrogens is 1. The Kier molecular flexibility index (Phi) is 5.03. The number of thiazole rings is 1. The van der Waals surface area contributed by atoms with Crippen LogP contribution in [0.2, 0.25) is 0 Å². The highest BCUT2D eigenvalue weighted by molar-refractivity contribution is 7.15. The van der Waals surface area contributed by atoms with Crippen molar-refractivity contribution in [1.82, 2.24) is 10.3 Å². The Morgan fingerprint density at radius 3 is 2.86 bits per heavy atom. The third-order valence-electron chi connectivity index (χ3n) is 3.62. The van der Waals surface area contributed by atoms with E-state index in [1.807, 2.05) is 36.5 Å². The molecular formula is C16H19N3O2S. The molecule has 0 spiro atoms. The molecule has 1 saturated heterocycles.